The second-order valence-corrected chi connectivity index (χ2v) is 8.16. The molecule has 0 aromatic heterocycles. The summed E-state index contributed by atoms with van der Waals surface area (Å²) >= 11 is 5.95. The number of nitrogens with one attached hydrogen (secondary N) is 1. The molecule has 2 aliphatic rings. The summed E-state index contributed by atoms with van der Waals surface area (Å²) in [7, 11) is 1.32. The standard InChI is InChI=1S/C21H27ClN2O4/c1-28-19(26)9-8-18(25)24-12-2-3-15(14-24)13-23-20(27)21(10-11-21)16-4-6-17(22)7-5-16/h4-7,15H,2-3,8-14H2,1H3,(H,23,27)/t15-/m1/s1. The summed E-state index contributed by atoms with van der Waals surface area (Å²) in [6, 6.07) is 7.50. The molecule has 1 N–H and O–H groups in total. The van der Waals surface area contributed by atoms with Gasteiger partial charge in [-0.1, -0.05) is 23.7 Å². The molecule has 1 heterocycles. The molecule has 0 radical (unpaired) electrons. The Morgan fingerprint density at radius 2 is 1.93 bits per heavy atom. The maximum absolute atomic E-state index is 12.8. The maximum atomic E-state index is 12.8. The van der Waals surface area contributed by atoms with Crippen LogP contribution in [0.2, 0.25) is 5.02 Å². The van der Waals surface area contributed by atoms with Gasteiger partial charge in [-0.05, 0) is 49.3 Å². The normalized spacial score (nSPS) is 20.4. The minimum atomic E-state index is -0.421. The number of carbonyl (C=O) groups is 3. The van der Waals surface area contributed by atoms with E-state index in [0.29, 0.717) is 24.7 Å². The van der Waals surface area contributed by atoms with E-state index in [1.54, 1.807) is 4.90 Å². The van der Waals surface area contributed by atoms with Crippen molar-refractivity contribution in [1.29, 1.82) is 0 Å². The topological polar surface area (TPSA) is 75.7 Å². The van der Waals surface area contributed by atoms with Gasteiger partial charge in [-0.2, -0.15) is 0 Å². The molecule has 0 spiro atoms. The third kappa shape index (κ3) is 4.85. The monoisotopic (exact) mass is 406 g/mol. The molecule has 1 aliphatic heterocycles. The number of ether oxygens (including phenoxy) is 1. The van der Waals surface area contributed by atoms with Gasteiger partial charge in [-0.15, -0.1) is 0 Å². The van der Waals surface area contributed by atoms with Crippen molar-refractivity contribution >= 4 is 29.4 Å². The summed E-state index contributed by atoms with van der Waals surface area (Å²) in [5.74, 6) is -0.0999. The highest BCUT2D eigenvalue weighted by Crippen LogP contribution is 2.48. The van der Waals surface area contributed by atoms with Crippen LogP contribution in [-0.4, -0.2) is 49.4 Å². The van der Waals surface area contributed by atoms with E-state index < -0.39 is 5.41 Å². The molecule has 152 valence electrons. The number of likely N-dealkylation sites (tertiary alicyclic amines) is 1. The fraction of sp³-hybridized carbons (Fsp3) is 0.571. The summed E-state index contributed by atoms with van der Waals surface area (Å²) in [4.78, 5) is 38.1. The molecule has 0 bridgehead atoms. The van der Waals surface area contributed by atoms with Crippen LogP contribution in [0.5, 0.6) is 0 Å². The third-order valence-electron chi connectivity index (χ3n) is 5.78. The summed E-state index contributed by atoms with van der Waals surface area (Å²) in [6.45, 7) is 1.89. The van der Waals surface area contributed by atoms with Crippen molar-refractivity contribution < 1.29 is 19.1 Å². The van der Waals surface area contributed by atoms with Crippen molar-refractivity contribution in [2.75, 3.05) is 26.7 Å². The summed E-state index contributed by atoms with van der Waals surface area (Å²) in [5.41, 5.74) is 0.590. The molecule has 2 fully saturated rings. The van der Waals surface area contributed by atoms with Gasteiger partial charge in [0.1, 0.15) is 0 Å². The van der Waals surface area contributed by atoms with E-state index in [4.69, 9.17) is 11.6 Å². The third-order valence-corrected chi connectivity index (χ3v) is 6.03. The van der Waals surface area contributed by atoms with Crippen molar-refractivity contribution in [2.45, 2.75) is 43.9 Å². The molecule has 1 saturated heterocycles. The number of benzene rings is 1. The van der Waals surface area contributed by atoms with Gasteiger partial charge in [0.05, 0.1) is 18.9 Å². The van der Waals surface area contributed by atoms with Crippen LogP contribution < -0.4 is 5.32 Å². The van der Waals surface area contributed by atoms with Crippen molar-refractivity contribution in [3.63, 3.8) is 0 Å². The van der Waals surface area contributed by atoms with Crippen molar-refractivity contribution in [2.24, 2.45) is 5.92 Å². The van der Waals surface area contributed by atoms with Crippen molar-refractivity contribution in [3.05, 3.63) is 34.9 Å². The van der Waals surface area contributed by atoms with Gasteiger partial charge in [-0.25, -0.2) is 0 Å². The predicted molar refractivity (Wildman–Crippen MR) is 106 cm³/mol. The SMILES string of the molecule is COC(=O)CCC(=O)N1CCC[C@H](CNC(=O)C2(c3ccc(Cl)cc3)CC2)C1. The predicted octanol–water partition coefficient (Wildman–Crippen LogP) is 2.68. The number of halogens is 1. The fourth-order valence-electron chi connectivity index (χ4n) is 3.87. The van der Waals surface area contributed by atoms with Crippen molar-refractivity contribution in [1.82, 2.24) is 10.2 Å². The average molecular weight is 407 g/mol. The summed E-state index contributed by atoms with van der Waals surface area (Å²) in [6.07, 6.45) is 3.87. The quantitative estimate of drug-likeness (QED) is 0.706. The van der Waals surface area contributed by atoms with Gasteiger partial charge >= 0.3 is 5.97 Å². The van der Waals surface area contributed by atoms with Gasteiger partial charge in [0.2, 0.25) is 11.8 Å². The lowest BCUT2D eigenvalue weighted by Crippen LogP contribution is -2.45. The van der Waals surface area contributed by atoms with Crippen LogP contribution in [0.15, 0.2) is 24.3 Å². The second kappa shape index (κ2) is 8.95. The molecule has 0 unspecified atom stereocenters. The first-order chi connectivity index (χ1) is 13.4. The van der Waals surface area contributed by atoms with Gasteiger partial charge in [0, 0.05) is 31.1 Å². The number of hydrogen-bond acceptors (Lipinski definition) is 4. The van der Waals surface area contributed by atoms with E-state index in [-0.39, 0.29) is 36.5 Å². The highest BCUT2D eigenvalue weighted by atomic mass is 35.5. The Morgan fingerprint density at radius 3 is 2.57 bits per heavy atom. The Morgan fingerprint density at radius 1 is 1.21 bits per heavy atom. The van der Waals surface area contributed by atoms with Crippen LogP contribution in [0.3, 0.4) is 0 Å². The minimum absolute atomic E-state index is 0.0266. The summed E-state index contributed by atoms with van der Waals surface area (Å²) in [5, 5.41) is 3.77. The van der Waals surface area contributed by atoms with Crippen LogP contribution in [0.4, 0.5) is 0 Å². The molecule has 1 atom stereocenters. The lowest BCUT2D eigenvalue weighted by molar-refractivity contribution is -0.144. The Labute approximate surface area is 170 Å². The zero-order valence-corrected chi connectivity index (χ0v) is 17.0. The first-order valence-corrected chi connectivity index (χ1v) is 10.2. The van der Waals surface area contributed by atoms with Gasteiger partial charge in [-0.3, -0.25) is 14.4 Å². The molecular weight excluding hydrogens is 380 g/mol. The molecule has 3 rings (SSSR count). The number of piperidine rings is 1. The van der Waals surface area contributed by atoms with Crippen LogP contribution in [-0.2, 0) is 24.5 Å². The van der Waals surface area contributed by atoms with E-state index in [1.807, 2.05) is 24.3 Å². The zero-order chi connectivity index (χ0) is 20.1. The van der Waals surface area contributed by atoms with Crippen LogP contribution in [0.25, 0.3) is 0 Å². The number of esters is 1. The highest BCUT2D eigenvalue weighted by molar-refractivity contribution is 6.30. The zero-order valence-electron chi connectivity index (χ0n) is 16.2. The second-order valence-electron chi connectivity index (χ2n) is 7.72. The first-order valence-electron chi connectivity index (χ1n) is 9.83. The smallest absolute Gasteiger partial charge is 0.306 e. The Bertz CT molecular complexity index is 730. The number of methoxy groups -OCH3 is 1. The molecule has 7 heteroatoms. The Kier molecular flexibility index (Phi) is 6.60. The first kappa shape index (κ1) is 20.6. The van der Waals surface area contributed by atoms with Gasteiger partial charge in [0.15, 0.2) is 0 Å². The van der Waals surface area contributed by atoms with Crippen LogP contribution >= 0.6 is 11.6 Å². The van der Waals surface area contributed by atoms with E-state index in [9.17, 15) is 14.4 Å². The molecule has 1 aromatic rings. The number of nitrogens with zero attached hydrogens (tertiary/aromatic N) is 1. The molecule has 6 nitrogen and oxygen atoms in total. The minimum Gasteiger partial charge on any atom is -0.469 e. The molecule has 1 aromatic carbocycles. The maximum Gasteiger partial charge on any atom is 0.306 e. The summed E-state index contributed by atoms with van der Waals surface area (Å²) < 4.78 is 4.59. The van der Waals surface area contributed by atoms with Gasteiger partial charge in [0.25, 0.3) is 0 Å². The Hall–Kier alpha value is -2.08. The average Bonchev–Trinajstić information content (AvgIpc) is 3.52. The molecule has 1 aliphatic carbocycles. The fourth-order valence-corrected chi connectivity index (χ4v) is 4.00. The van der Waals surface area contributed by atoms with E-state index in [0.717, 1.165) is 31.2 Å². The van der Waals surface area contributed by atoms with E-state index in [1.165, 1.54) is 7.11 Å². The number of amides is 2. The molecule has 28 heavy (non-hydrogen) atoms. The lowest BCUT2D eigenvalue weighted by Gasteiger charge is -2.33. The van der Waals surface area contributed by atoms with E-state index in [2.05, 4.69) is 10.1 Å². The number of hydrogen-bond donors (Lipinski definition) is 1. The lowest BCUT2D eigenvalue weighted by atomic mass is 9.93. The van der Waals surface area contributed by atoms with E-state index >= 15 is 0 Å². The van der Waals surface area contributed by atoms with Crippen LogP contribution in [0.1, 0.15) is 44.1 Å². The number of carbonyl (C=O) groups excluding carboxylic acids is 3. The highest BCUT2D eigenvalue weighted by Gasteiger charge is 2.51. The number of rotatable bonds is 7. The largest absolute Gasteiger partial charge is 0.469 e. The Balaban J connectivity index is 1.49. The molecule has 2 amide bonds. The van der Waals surface area contributed by atoms with Crippen molar-refractivity contribution in [3.8, 4) is 0 Å². The molecule has 1 saturated carbocycles. The molecular formula is C21H27ClN2O4. The van der Waals surface area contributed by atoms with Crippen LogP contribution in [0, 0.1) is 5.92 Å². The van der Waals surface area contributed by atoms with Gasteiger partial charge < -0.3 is 15.0 Å².